The SMILES string of the molecule is CCOC(=O)c1nnn(Cc2ccc(OC)cc2)c1SC1CCN(c2ccc(Cl)c(Cl)c2)CC1. The van der Waals surface area contributed by atoms with E-state index in [0.29, 0.717) is 21.8 Å². The molecule has 0 bridgehead atoms. The number of benzene rings is 2. The lowest BCUT2D eigenvalue weighted by atomic mass is 10.1. The monoisotopic (exact) mass is 520 g/mol. The predicted octanol–water partition coefficient (Wildman–Crippen LogP) is 5.58. The van der Waals surface area contributed by atoms with Crippen LogP contribution in [0.3, 0.4) is 0 Å². The summed E-state index contributed by atoms with van der Waals surface area (Å²) in [5.41, 5.74) is 2.38. The molecule has 1 aromatic heterocycles. The molecule has 0 saturated carbocycles. The van der Waals surface area contributed by atoms with Crippen LogP contribution in [-0.2, 0) is 11.3 Å². The molecule has 0 aliphatic carbocycles. The van der Waals surface area contributed by atoms with Crippen molar-refractivity contribution in [2.75, 3.05) is 31.7 Å². The Kier molecular flexibility index (Phi) is 8.24. The first kappa shape index (κ1) is 24.7. The Morgan fingerprint density at radius 3 is 2.50 bits per heavy atom. The zero-order valence-electron chi connectivity index (χ0n) is 19.0. The van der Waals surface area contributed by atoms with Crippen LogP contribution in [0.15, 0.2) is 47.5 Å². The second-order valence-corrected chi connectivity index (χ2v) is 9.98. The van der Waals surface area contributed by atoms with Crippen LogP contribution in [0.1, 0.15) is 35.8 Å². The highest BCUT2D eigenvalue weighted by molar-refractivity contribution is 8.00. The normalized spacial score (nSPS) is 14.3. The van der Waals surface area contributed by atoms with E-state index in [4.69, 9.17) is 32.7 Å². The number of halogens is 2. The Morgan fingerprint density at radius 2 is 1.85 bits per heavy atom. The fourth-order valence-corrected chi connectivity index (χ4v) is 5.34. The van der Waals surface area contributed by atoms with E-state index < -0.39 is 5.97 Å². The van der Waals surface area contributed by atoms with Crippen molar-refractivity contribution in [1.29, 1.82) is 0 Å². The fourth-order valence-electron chi connectivity index (χ4n) is 3.83. The third-order valence-corrected chi connectivity index (χ3v) is 7.81. The van der Waals surface area contributed by atoms with Crippen molar-refractivity contribution in [3.8, 4) is 5.75 Å². The Bertz CT molecular complexity index is 1130. The van der Waals surface area contributed by atoms with E-state index >= 15 is 0 Å². The van der Waals surface area contributed by atoms with E-state index in [1.165, 1.54) is 0 Å². The largest absolute Gasteiger partial charge is 0.497 e. The summed E-state index contributed by atoms with van der Waals surface area (Å²) in [6, 6.07) is 13.5. The lowest BCUT2D eigenvalue weighted by Crippen LogP contribution is -2.34. The first-order valence-corrected chi connectivity index (χ1v) is 12.7. The highest BCUT2D eigenvalue weighted by Crippen LogP contribution is 2.35. The number of rotatable bonds is 8. The summed E-state index contributed by atoms with van der Waals surface area (Å²) in [5, 5.41) is 10.6. The minimum absolute atomic E-state index is 0.271. The molecule has 180 valence electrons. The van der Waals surface area contributed by atoms with Crippen LogP contribution >= 0.6 is 35.0 Å². The standard InChI is InChI=1S/C24H26Cl2N4O3S/c1-3-33-24(31)22-23(30(28-27-22)15-16-4-7-18(32-2)8-5-16)34-19-10-12-29(13-11-19)17-6-9-20(25)21(26)14-17/h4-9,14,19H,3,10-13,15H2,1-2H3. The molecule has 7 nitrogen and oxygen atoms in total. The summed E-state index contributed by atoms with van der Waals surface area (Å²) in [6.07, 6.45) is 1.89. The van der Waals surface area contributed by atoms with Crippen molar-refractivity contribution in [3.63, 3.8) is 0 Å². The molecule has 2 heterocycles. The highest BCUT2D eigenvalue weighted by Gasteiger charge is 2.27. The van der Waals surface area contributed by atoms with E-state index in [2.05, 4.69) is 15.2 Å². The van der Waals surface area contributed by atoms with Crippen LogP contribution in [0.25, 0.3) is 0 Å². The van der Waals surface area contributed by atoms with Gasteiger partial charge in [-0.2, -0.15) is 0 Å². The van der Waals surface area contributed by atoms with Gasteiger partial charge in [0.15, 0.2) is 0 Å². The molecule has 0 spiro atoms. The Hall–Kier alpha value is -2.42. The van der Waals surface area contributed by atoms with Gasteiger partial charge in [0.25, 0.3) is 0 Å². The van der Waals surface area contributed by atoms with Gasteiger partial charge in [0, 0.05) is 24.0 Å². The molecule has 4 rings (SSSR count). The van der Waals surface area contributed by atoms with Gasteiger partial charge in [-0.15, -0.1) is 16.9 Å². The van der Waals surface area contributed by atoms with Gasteiger partial charge in [-0.1, -0.05) is 40.5 Å². The third kappa shape index (κ3) is 5.79. The van der Waals surface area contributed by atoms with Crippen LogP contribution in [0.2, 0.25) is 10.0 Å². The summed E-state index contributed by atoms with van der Waals surface area (Å²) >= 11 is 13.9. The minimum Gasteiger partial charge on any atom is -0.497 e. The van der Waals surface area contributed by atoms with Gasteiger partial charge in [0.2, 0.25) is 5.69 Å². The van der Waals surface area contributed by atoms with E-state index in [0.717, 1.165) is 48.0 Å². The molecule has 1 aliphatic heterocycles. The summed E-state index contributed by atoms with van der Waals surface area (Å²) in [4.78, 5) is 14.9. The zero-order chi connectivity index (χ0) is 24.1. The van der Waals surface area contributed by atoms with Gasteiger partial charge < -0.3 is 14.4 Å². The number of aromatic nitrogens is 3. The molecule has 0 amide bonds. The van der Waals surface area contributed by atoms with Crippen LogP contribution in [0.5, 0.6) is 5.75 Å². The molecule has 2 aromatic carbocycles. The molecule has 0 radical (unpaired) electrons. The molecular formula is C24H26Cl2N4O3S. The second-order valence-electron chi connectivity index (χ2n) is 7.87. The average Bonchev–Trinajstić information content (AvgIpc) is 3.24. The molecule has 1 saturated heterocycles. The van der Waals surface area contributed by atoms with Gasteiger partial charge in [0.05, 0.1) is 30.3 Å². The molecule has 34 heavy (non-hydrogen) atoms. The van der Waals surface area contributed by atoms with Gasteiger partial charge in [-0.25, -0.2) is 9.48 Å². The van der Waals surface area contributed by atoms with E-state index in [1.54, 1.807) is 30.5 Å². The minimum atomic E-state index is -0.445. The maximum Gasteiger partial charge on any atom is 0.361 e. The van der Waals surface area contributed by atoms with Crippen LogP contribution in [-0.4, -0.2) is 53.0 Å². The number of methoxy groups -OCH3 is 1. The Morgan fingerprint density at radius 1 is 1.12 bits per heavy atom. The zero-order valence-corrected chi connectivity index (χ0v) is 21.4. The first-order chi connectivity index (χ1) is 16.5. The topological polar surface area (TPSA) is 69.5 Å². The van der Waals surface area contributed by atoms with E-state index in [9.17, 15) is 4.79 Å². The predicted molar refractivity (Wildman–Crippen MR) is 136 cm³/mol. The third-order valence-electron chi connectivity index (χ3n) is 5.64. The summed E-state index contributed by atoms with van der Waals surface area (Å²) in [7, 11) is 1.64. The number of piperidine rings is 1. The van der Waals surface area contributed by atoms with Gasteiger partial charge >= 0.3 is 5.97 Å². The number of nitrogens with zero attached hydrogens (tertiary/aromatic N) is 4. The number of thioether (sulfide) groups is 1. The van der Waals surface area contributed by atoms with Crippen LogP contribution in [0.4, 0.5) is 5.69 Å². The molecule has 1 fully saturated rings. The van der Waals surface area contributed by atoms with Crippen molar-refractivity contribution in [2.24, 2.45) is 0 Å². The summed E-state index contributed by atoms with van der Waals surface area (Å²) in [5.74, 6) is 0.345. The molecule has 10 heteroatoms. The number of carbonyl (C=O) groups is 1. The van der Waals surface area contributed by atoms with Crippen LogP contribution in [0, 0.1) is 0 Å². The lowest BCUT2D eigenvalue weighted by Gasteiger charge is -2.33. The van der Waals surface area contributed by atoms with Gasteiger partial charge in [-0.3, -0.25) is 0 Å². The van der Waals surface area contributed by atoms with Gasteiger partial charge in [-0.05, 0) is 55.7 Å². The Balaban J connectivity index is 1.48. The number of esters is 1. The summed E-state index contributed by atoms with van der Waals surface area (Å²) in [6.45, 7) is 4.33. The fraction of sp³-hybridized carbons (Fsp3) is 0.375. The highest BCUT2D eigenvalue weighted by atomic mass is 35.5. The van der Waals surface area contributed by atoms with Crippen molar-refractivity contribution in [1.82, 2.24) is 15.0 Å². The molecule has 0 atom stereocenters. The number of carbonyl (C=O) groups excluding carboxylic acids is 1. The maximum absolute atomic E-state index is 12.6. The van der Waals surface area contributed by atoms with E-state index in [1.807, 2.05) is 42.5 Å². The van der Waals surface area contributed by atoms with Crippen molar-refractivity contribution in [3.05, 3.63) is 63.8 Å². The number of hydrogen-bond donors (Lipinski definition) is 0. The smallest absolute Gasteiger partial charge is 0.361 e. The summed E-state index contributed by atoms with van der Waals surface area (Å²) < 4.78 is 12.3. The average molecular weight is 521 g/mol. The van der Waals surface area contributed by atoms with E-state index in [-0.39, 0.29) is 12.3 Å². The number of hydrogen-bond acceptors (Lipinski definition) is 7. The van der Waals surface area contributed by atoms with Crippen molar-refractivity contribution < 1.29 is 14.3 Å². The lowest BCUT2D eigenvalue weighted by molar-refractivity contribution is 0.0515. The molecular weight excluding hydrogens is 495 g/mol. The maximum atomic E-state index is 12.6. The van der Waals surface area contributed by atoms with Crippen molar-refractivity contribution in [2.45, 2.75) is 36.6 Å². The van der Waals surface area contributed by atoms with Crippen molar-refractivity contribution >= 4 is 46.6 Å². The second kappa shape index (κ2) is 11.3. The van der Waals surface area contributed by atoms with Crippen LogP contribution < -0.4 is 9.64 Å². The molecule has 0 unspecified atom stereocenters. The molecule has 3 aromatic rings. The number of anilines is 1. The molecule has 1 aliphatic rings. The molecule has 0 N–H and O–H groups in total. The van der Waals surface area contributed by atoms with Gasteiger partial charge in [0.1, 0.15) is 10.8 Å². The first-order valence-electron chi connectivity index (χ1n) is 11.1. The number of ether oxygens (including phenoxy) is 2. The quantitative estimate of drug-likeness (QED) is 0.359. The Labute approximate surface area is 213 Å².